The highest BCUT2D eigenvalue weighted by Crippen LogP contribution is 2.14. The van der Waals surface area contributed by atoms with Crippen molar-refractivity contribution >= 4 is 5.91 Å². The average molecular weight is 216 g/mol. The molecule has 0 aromatic rings. The summed E-state index contributed by atoms with van der Waals surface area (Å²) in [5.74, 6) is 0.201. The Morgan fingerprint density at radius 3 is 2.73 bits per heavy atom. The third-order valence-electron chi connectivity index (χ3n) is 3.15. The molecular formula is C10H17FN2O2. The van der Waals surface area contributed by atoms with Crippen LogP contribution in [0.1, 0.15) is 12.8 Å². The Bertz CT molecular complexity index is 240. The minimum absolute atomic E-state index is 0.201. The second-order valence-corrected chi connectivity index (χ2v) is 4.33. The van der Waals surface area contributed by atoms with E-state index in [0.717, 1.165) is 13.0 Å². The van der Waals surface area contributed by atoms with Crippen LogP contribution in [0.5, 0.6) is 0 Å². The van der Waals surface area contributed by atoms with Crippen molar-refractivity contribution in [2.45, 2.75) is 25.1 Å². The minimum atomic E-state index is -1.13. The topological polar surface area (TPSA) is 43.8 Å². The molecule has 0 aromatic carbocycles. The molecule has 0 unspecified atom stereocenters. The van der Waals surface area contributed by atoms with Crippen LogP contribution in [0.3, 0.4) is 0 Å². The number of hydrogen-bond donors (Lipinski definition) is 1. The van der Waals surface area contributed by atoms with Crippen molar-refractivity contribution in [3.63, 3.8) is 0 Å². The highest BCUT2D eigenvalue weighted by Gasteiger charge is 2.31. The number of carbonyl (C=O) groups is 1. The number of likely N-dealkylation sites (tertiary alicyclic amines) is 2. The third kappa shape index (κ3) is 2.46. The normalized spacial score (nSPS) is 32.9. The number of halogens is 1. The van der Waals surface area contributed by atoms with Gasteiger partial charge in [-0.25, -0.2) is 4.39 Å². The van der Waals surface area contributed by atoms with Crippen LogP contribution in [0.2, 0.25) is 0 Å². The van der Waals surface area contributed by atoms with Gasteiger partial charge in [-0.05, 0) is 6.42 Å². The van der Waals surface area contributed by atoms with E-state index in [1.54, 1.807) is 0 Å². The van der Waals surface area contributed by atoms with E-state index >= 15 is 0 Å². The lowest BCUT2D eigenvalue weighted by atomic mass is 10.3. The zero-order valence-electron chi connectivity index (χ0n) is 8.73. The molecule has 2 aliphatic rings. The van der Waals surface area contributed by atoms with E-state index in [-0.39, 0.29) is 5.91 Å². The Morgan fingerprint density at radius 1 is 1.40 bits per heavy atom. The van der Waals surface area contributed by atoms with E-state index in [1.165, 1.54) is 0 Å². The number of carbonyl (C=O) groups excluding carboxylic acids is 1. The first kappa shape index (κ1) is 10.8. The van der Waals surface area contributed by atoms with Crippen LogP contribution >= 0.6 is 0 Å². The second kappa shape index (κ2) is 4.45. The molecule has 4 nitrogen and oxygen atoms in total. The number of nitrogens with zero attached hydrogens (tertiary/aromatic N) is 2. The molecule has 0 spiro atoms. The zero-order valence-corrected chi connectivity index (χ0v) is 8.73. The smallest absolute Gasteiger partial charge is 0.222 e. The Balaban J connectivity index is 1.72. The van der Waals surface area contributed by atoms with E-state index in [1.807, 2.05) is 9.80 Å². The minimum Gasteiger partial charge on any atom is -0.389 e. The molecule has 2 atom stereocenters. The summed E-state index contributed by atoms with van der Waals surface area (Å²) in [6, 6.07) is 0. The molecule has 0 bridgehead atoms. The lowest BCUT2D eigenvalue weighted by Gasteiger charge is -2.20. The molecule has 0 aliphatic carbocycles. The van der Waals surface area contributed by atoms with Crippen LogP contribution in [0.15, 0.2) is 0 Å². The molecule has 2 fully saturated rings. The molecule has 1 N–H and O–H groups in total. The van der Waals surface area contributed by atoms with Gasteiger partial charge >= 0.3 is 0 Å². The van der Waals surface area contributed by atoms with E-state index in [4.69, 9.17) is 0 Å². The van der Waals surface area contributed by atoms with Gasteiger partial charge in [0, 0.05) is 39.1 Å². The van der Waals surface area contributed by atoms with Crippen molar-refractivity contribution in [2.75, 3.05) is 32.7 Å². The lowest BCUT2D eigenvalue weighted by molar-refractivity contribution is -0.127. The SMILES string of the molecule is O=C1CCCN1CCN1C[C@@H](O)[C@H](F)C1. The summed E-state index contributed by atoms with van der Waals surface area (Å²) in [6.45, 7) is 2.85. The summed E-state index contributed by atoms with van der Waals surface area (Å²) < 4.78 is 13.0. The van der Waals surface area contributed by atoms with Gasteiger partial charge in [0.1, 0.15) is 6.17 Å². The molecule has 5 heteroatoms. The van der Waals surface area contributed by atoms with Gasteiger partial charge in [-0.1, -0.05) is 0 Å². The number of rotatable bonds is 3. The van der Waals surface area contributed by atoms with Gasteiger partial charge in [-0.3, -0.25) is 9.69 Å². The van der Waals surface area contributed by atoms with E-state index in [9.17, 15) is 14.3 Å². The largest absolute Gasteiger partial charge is 0.389 e. The van der Waals surface area contributed by atoms with Crippen LogP contribution < -0.4 is 0 Å². The molecule has 0 saturated carbocycles. The Hall–Kier alpha value is -0.680. The average Bonchev–Trinajstić information content (AvgIpc) is 2.72. The van der Waals surface area contributed by atoms with E-state index in [2.05, 4.69) is 0 Å². The van der Waals surface area contributed by atoms with Crippen molar-refractivity contribution in [3.8, 4) is 0 Å². The van der Waals surface area contributed by atoms with Gasteiger partial charge in [-0.2, -0.15) is 0 Å². The summed E-state index contributed by atoms with van der Waals surface area (Å²) >= 11 is 0. The summed E-state index contributed by atoms with van der Waals surface area (Å²) in [4.78, 5) is 15.0. The molecule has 1 amide bonds. The molecule has 2 heterocycles. The van der Waals surface area contributed by atoms with Gasteiger partial charge in [0.05, 0.1) is 6.10 Å². The van der Waals surface area contributed by atoms with Gasteiger partial charge in [-0.15, -0.1) is 0 Å². The third-order valence-corrected chi connectivity index (χ3v) is 3.15. The first-order chi connectivity index (χ1) is 7.16. The molecular weight excluding hydrogens is 199 g/mol. The Labute approximate surface area is 88.7 Å². The van der Waals surface area contributed by atoms with Crippen LogP contribution in [0.25, 0.3) is 0 Å². The number of aliphatic hydroxyl groups is 1. The number of amides is 1. The quantitative estimate of drug-likeness (QED) is 0.699. The summed E-state index contributed by atoms with van der Waals surface area (Å²) in [7, 11) is 0. The maximum atomic E-state index is 13.0. The zero-order chi connectivity index (χ0) is 10.8. The summed E-state index contributed by atoms with van der Waals surface area (Å²) in [5.41, 5.74) is 0. The number of aliphatic hydroxyl groups excluding tert-OH is 1. The predicted molar refractivity (Wildman–Crippen MR) is 53.2 cm³/mol. The second-order valence-electron chi connectivity index (χ2n) is 4.33. The lowest BCUT2D eigenvalue weighted by Crippen LogP contribution is -2.35. The number of hydrogen-bond acceptors (Lipinski definition) is 3. The highest BCUT2D eigenvalue weighted by atomic mass is 19.1. The van der Waals surface area contributed by atoms with Gasteiger partial charge in [0.25, 0.3) is 0 Å². The van der Waals surface area contributed by atoms with E-state index in [0.29, 0.717) is 32.6 Å². The van der Waals surface area contributed by atoms with Crippen LogP contribution in [-0.2, 0) is 4.79 Å². The monoisotopic (exact) mass is 216 g/mol. The molecule has 0 radical (unpaired) electrons. The van der Waals surface area contributed by atoms with Crippen molar-refractivity contribution in [1.82, 2.24) is 9.80 Å². The van der Waals surface area contributed by atoms with Crippen LogP contribution in [-0.4, -0.2) is 65.8 Å². The Kier molecular flexibility index (Phi) is 3.21. The van der Waals surface area contributed by atoms with E-state index < -0.39 is 12.3 Å². The first-order valence-corrected chi connectivity index (χ1v) is 5.49. The fourth-order valence-electron chi connectivity index (χ4n) is 2.21. The highest BCUT2D eigenvalue weighted by molar-refractivity contribution is 5.78. The van der Waals surface area contributed by atoms with Crippen LogP contribution in [0.4, 0.5) is 4.39 Å². The molecule has 2 aliphatic heterocycles. The van der Waals surface area contributed by atoms with Crippen LogP contribution in [0, 0.1) is 0 Å². The van der Waals surface area contributed by atoms with Crippen molar-refractivity contribution < 1.29 is 14.3 Å². The van der Waals surface area contributed by atoms with Gasteiger partial charge < -0.3 is 10.0 Å². The van der Waals surface area contributed by atoms with Gasteiger partial charge in [0.2, 0.25) is 5.91 Å². The van der Waals surface area contributed by atoms with Gasteiger partial charge in [0.15, 0.2) is 0 Å². The van der Waals surface area contributed by atoms with Crippen molar-refractivity contribution in [1.29, 1.82) is 0 Å². The number of alkyl halides is 1. The fourth-order valence-corrected chi connectivity index (χ4v) is 2.21. The number of β-amino-alcohol motifs (C(OH)–C–C–N with tert-alkyl or cyclic N) is 1. The maximum absolute atomic E-state index is 13.0. The fraction of sp³-hybridized carbons (Fsp3) is 0.900. The molecule has 2 rings (SSSR count). The van der Waals surface area contributed by atoms with Crippen molar-refractivity contribution in [3.05, 3.63) is 0 Å². The van der Waals surface area contributed by atoms with Crippen molar-refractivity contribution in [2.24, 2.45) is 0 Å². The summed E-state index contributed by atoms with van der Waals surface area (Å²) in [6.07, 6.45) is -0.389. The molecule has 15 heavy (non-hydrogen) atoms. The molecule has 86 valence electrons. The molecule has 2 saturated heterocycles. The summed E-state index contributed by atoms with van der Waals surface area (Å²) in [5, 5.41) is 9.21. The maximum Gasteiger partial charge on any atom is 0.222 e. The molecule has 0 aromatic heterocycles. The first-order valence-electron chi connectivity index (χ1n) is 5.49. The standard InChI is InChI=1S/C10H17FN2O2/c11-8-6-12(7-9(8)14)4-5-13-3-1-2-10(13)15/h8-9,14H,1-7H2/t8-,9-/m1/s1. The predicted octanol–water partition coefficient (Wildman–Crippen LogP) is -0.377. The Morgan fingerprint density at radius 2 is 2.20 bits per heavy atom.